The lowest BCUT2D eigenvalue weighted by molar-refractivity contribution is -0.132. The fourth-order valence-corrected chi connectivity index (χ4v) is 4.71. The zero-order valence-electron chi connectivity index (χ0n) is 16.8. The number of benzene rings is 1. The highest BCUT2D eigenvalue weighted by Crippen LogP contribution is 2.30. The van der Waals surface area contributed by atoms with E-state index in [2.05, 4.69) is 10.1 Å². The van der Waals surface area contributed by atoms with Crippen LogP contribution in [0.25, 0.3) is 22.0 Å². The minimum absolute atomic E-state index is 0.0179. The monoisotopic (exact) mass is 432 g/mol. The molecule has 4 rings (SSSR count). The Morgan fingerprint density at radius 2 is 2.07 bits per heavy atom. The molecular formula is C21H25FN4O3S. The van der Waals surface area contributed by atoms with E-state index in [9.17, 15) is 17.6 Å². The highest BCUT2D eigenvalue weighted by atomic mass is 32.2. The van der Waals surface area contributed by atoms with Gasteiger partial charge >= 0.3 is 0 Å². The average Bonchev–Trinajstić information content (AvgIpc) is 3.33. The lowest BCUT2D eigenvalue weighted by atomic mass is 10.0. The highest BCUT2D eigenvalue weighted by Gasteiger charge is 2.24. The number of nitrogens with one attached hydrogen (secondary N) is 1. The zero-order chi connectivity index (χ0) is 21.3. The topological polar surface area (TPSA) is 88.1 Å². The van der Waals surface area contributed by atoms with E-state index in [0.717, 1.165) is 34.9 Å². The molecule has 1 fully saturated rings. The number of nitrogens with zero attached hydrogens (tertiary/aromatic N) is 3. The van der Waals surface area contributed by atoms with Crippen LogP contribution in [0.3, 0.4) is 0 Å². The summed E-state index contributed by atoms with van der Waals surface area (Å²) >= 11 is 0. The maximum Gasteiger partial charge on any atom is 0.222 e. The van der Waals surface area contributed by atoms with Crippen molar-refractivity contribution in [2.45, 2.75) is 31.7 Å². The summed E-state index contributed by atoms with van der Waals surface area (Å²) in [6, 6.07) is 4.90. The molecule has 1 aromatic carbocycles. The van der Waals surface area contributed by atoms with E-state index < -0.39 is 9.84 Å². The Hall–Kier alpha value is -2.68. The maximum absolute atomic E-state index is 13.4. The molecule has 0 aliphatic carbocycles. The number of rotatable bonds is 6. The average molecular weight is 433 g/mol. The summed E-state index contributed by atoms with van der Waals surface area (Å²) < 4.78 is 37.8. The molecule has 0 radical (unpaired) electrons. The SMILES string of the molecule is CS(=O)(=O)CCCC(=O)N1CCC(n2cc(-c3c[nH]c4cc(F)ccc34)cn2)CC1. The van der Waals surface area contributed by atoms with Crippen LogP contribution >= 0.6 is 0 Å². The number of hydrogen-bond donors (Lipinski definition) is 1. The smallest absolute Gasteiger partial charge is 0.222 e. The van der Waals surface area contributed by atoms with Crippen molar-refractivity contribution < 1.29 is 17.6 Å². The van der Waals surface area contributed by atoms with Crippen LogP contribution in [0.2, 0.25) is 0 Å². The molecule has 1 amide bonds. The Morgan fingerprint density at radius 3 is 2.80 bits per heavy atom. The Labute approximate surface area is 174 Å². The number of halogens is 1. The molecular weight excluding hydrogens is 407 g/mol. The van der Waals surface area contributed by atoms with Gasteiger partial charge in [0.25, 0.3) is 0 Å². The molecule has 3 aromatic rings. The standard InChI is InChI=1S/C21H25FN4O3S/c1-30(28,29)10-2-3-21(27)25-8-6-17(7-9-25)26-14-15(12-24-26)19-13-23-20-11-16(22)4-5-18(19)20/h4-5,11-14,17,23H,2-3,6-10H2,1H3. The number of amides is 1. The van der Waals surface area contributed by atoms with Gasteiger partial charge in [-0.25, -0.2) is 12.8 Å². The van der Waals surface area contributed by atoms with Crippen molar-refractivity contribution in [1.82, 2.24) is 19.7 Å². The molecule has 7 nitrogen and oxygen atoms in total. The highest BCUT2D eigenvalue weighted by molar-refractivity contribution is 7.90. The van der Waals surface area contributed by atoms with Gasteiger partial charge in [0.1, 0.15) is 15.7 Å². The summed E-state index contributed by atoms with van der Waals surface area (Å²) in [5.74, 6) is -0.209. The molecule has 1 saturated heterocycles. The summed E-state index contributed by atoms with van der Waals surface area (Å²) in [4.78, 5) is 17.2. The number of aromatic nitrogens is 3. The van der Waals surface area contributed by atoms with Crippen LogP contribution in [0.1, 0.15) is 31.7 Å². The predicted molar refractivity (Wildman–Crippen MR) is 113 cm³/mol. The van der Waals surface area contributed by atoms with Gasteiger partial charge in [-0.2, -0.15) is 5.10 Å². The van der Waals surface area contributed by atoms with Crippen LogP contribution in [0, 0.1) is 5.82 Å². The van der Waals surface area contributed by atoms with Gasteiger partial charge in [-0.05, 0) is 37.5 Å². The van der Waals surface area contributed by atoms with Gasteiger partial charge in [0.05, 0.1) is 18.0 Å². The summed E-state index contributed by atoms with van der Waals surface area (Å²) in [6.07, 6.45) is 9.11. The van der Waals surface area contributed by atoms with E-state index in [1.807, 2.05) is 28.2 Å². The summed E-state index contributed by atoms with van der Waals surface area (Å²) in [5.41, 5.74) is 2.70. The Morgan fingerprint density at radius 1 is 1.30 bits per heavy atom. The van der Waals surface area contributed by atoms with Gasteiger partial charge in [-0.3, -0.25) is 9.48 Å². The van der Waals surface area contributed by atoms with Crippen LogP contribution in [0.4, 0.5) is 4.39 Å². The third kappa shape index (κ3) is 4.56. The van der Waals surface area contributed by atoms with Crippen molar-refractivity contribution in [2.24, 2.45) is 0 Å². The van der Waals surface area contributed by atoms with Crippen molar-refractivity contribution in [3.63, 3.8) is 0 Å². The van der Waals surface area contributed by atoms with E-state index in [0.29, 0.717) is 19.5 Å². The zero-order valence-corrected chi connectivity index (χ0v) is 17.7. The second-order valence-electron chi connectivity index (χ2n) is 7.95. The first-order valence-corrected chi connectivity index (χ1v) is 12.1. The second-order valence-corrected chi connectivity index (χ2v) is 10.2. The van der Waals surface area contributed by atoms with E-state index in [4.69, 9.17) is 0 Å². The summed E-state index contributed by atoms with van der Waals surface area (Å²) in [6.45, 7) is 1.29. The maximum atomic E-state index is 13.4. The van der Waals surface area contributed by atoms with Crippen molar-refractivity contribution in [3.05, 3.63) is 42.6 Å². The number of piperidine rings is 1. The molecule has 3 heterocycles. The number of carbonyl (C=O) groups is 1. The van der Waals surface area contributed by atoms with Crippen molar-refractivity contribution in [2.75, 3.05) is 25.1 Å². The van der Waals surface area contributed by atoms with Crippen LogP contribution in [0.15, 0.2) is 36.8 Å². The van der Waals surface area contributed by atoms with Crippen molar-refractivity contribution in [3.8, 4) is 11.1 Å². The van der Waals surface area contributed by atoms with E-state index in [-0.39, 0.29) is 29.9 Å². The number of aromatic amines is 1. The van der Waals surface area contributed by atoms with E-state index in [1.165, 1.54) is 18.4 Å². The minimum Gasteiger partial charge on any atom is -0.360 e. The first kappa shape index (κ1) is 20.6. The molecule has 1 aliphatic rings. The van der Waals surface area contributed by atoms with Crippen LogP contribution in [-0.2, 0) is 14.6 Å². The Kier molecular flexibility index (Phi) is 5.64. The lowest BCUT2D eigenvalue weighted by Gasteiger charge is -2.32. The second kappa shape index (κ2) is 8.22. The predicted octanol–water partition coefficient (Wildman–Crippen LogP) is 3.16. The van der Waals surface area contributed by atoms with Gasteiger partial charge < -0.3 is 9.88 Å². The minimum atomic E-state index is -3.03. The normalized spacial score (nSPS) is 15.7. The molecule has 0 bridgehead atoms. The van der Waals surface area contributed by atoms with Crippen molar-refractivity contribution >= 4 is 26.6 Å². The fraction of sp³-hybridized carbons (Fsp3) is 0.429. The first-order valence-electron chi connectivity index (χ1n) is 10.1. The largest absolute Gasteiger partial charge is 0.360 e. The van der Waals surface area contributed by atoms with Crippen molar-refractivity contribution in [1.29, 1.82) is 0 Å². The molecule has 160 valence electrons. The van der Waals surface area contributed by atoms with Crippen LogP contribution in [0.5, 0.6) is 0 Å². The van der Waals surface area contributed by atoms with Gasteiger partial charge in [0.2, 0.25) is 5.91 Å². The molecule has 1 aliphatic heterocycles. The third-order valence-electron chi connectivity index (χ3n) is 5.65. The quantitative estimate of drug-likeness (QED) is 0.648. The molecule has 2 aromatic heterocycles. The molecule has 0 unspecified atom stereocenters. The molecule has 1 N–H and O–H groups in total. The number of likely N-dealkylation sites (tertiary alicyclic amines) is 1. The number of H-pyrrole nitrogens is 1. The fourth-order valence-electron chi connectivity index (χ4n) is 4.04. The summed E-state index contributed by atoms with van der Waals surface area (Å²) in [7, 11) is -3.03. The van der Waals surface area contributed by atoms with Gasteiger partial charge in [0.15, 0.2) is 0 Å². The number of hydrogen-bond acceptors (Lipinski definition) is 4. The van der Waals surface area contributed by atoms with E-state index >= 15 is 0 Å². The van der Waals surface area contributed by atoms with Gasteiger partial charge in [-0.1, -0.05) is 0 Å². The number of sulfone groups is 1. The number of carbonyl (C=O) groups excluding carboxylic acids is 1. The summed E-state index contributed by atoms with van der Waals surface area (Å²) in [5, 5.41) is 5.47. The van der Waals surface area contributed by atoms with Gasteiger partial charge in [-0.15, -0.1) is 0 Å². The Balaban J connectivity index is 1.37. The molecule has 30 heavy (non-hydrogen) atoms. The number of fused-ring (bicyclic) bond motifs is 1. The van der Waals surface area contributed by atoms with E-state index in [1.54, 1.807) is 6.07 Å². The molecule has 0 saturated carbocycles. The van der Waals surface area contributed by atoms with Crippen LogP contribution < -0.4 is 0 Å². The first-order chi connectivity index (χ1) is 14.3. The third-order valence-corrected chi connectivity index (χ3v) is 6.68. The van der Waals surface area contributed by atoms with Gasteiger partial charge in [0, 0.05) is 60.2 Å². The van der Waals surface area contributed by atoms with Crippen LogP contribution in [-0.4, -0.2) is 59.1 Å². The Bertz CT molecular complexity index is 1160. The molecule has 0 spiro atoms. The lowest BCUT2D eigenvalue weighted by Crippen LogP contribution is -2.39. The molecule has 0 atom stereocenters. The molecule has 9 heteroatoms.